The number of ether oxygens (including phenoxy) is 2. The second-order valence-electron chi connectivity index (χ2n) is 9.07. The van der Waals surface area contributed by atoms with Crippen molar-refractivity contribution in [2.45, 2.75) is 71.0 Å². The molecular formula is C22H28BrNO5. The molecular weight excluding hydrogens is 438 g/mol. The molecule has 1 aromatic rings. The van der Waals surface area contributed by atoms with Gasteiger partial charge >= 0.3 is 11.9 Å². The Morgan fingerprint density at radius 2 is 1.93 bits per heavy atom. The number of aromatic hydroxyl groups is 1. The van der Waals surface area contributed by atoms with Gasteiger partial charge in [-0.05, 0) is 83.0 Å². The first-order valence-electron chi connectivity index (χ1n) is 10.3. The van der Waals surface area contributed by atoms with E-state index in [1.165, 1.54) is 19.4 Å². The lowest BCUT2D eigenvalue weighted by atomic mass is 9.55. The van der Waals surface area contributed by atoms with Crippen LogP contribution in [0.5, 0.6) is 5.75 Å². The summed E-state index contributed by atoms with van der Waals surface area (Å²) < 4.78 is 12.0. The van der Waals surface area contributed by atoms with Gasteiger partial charge in [0.25, 0.3) is 0 Å². The van der Waals surface area contributed by atoms with Crippen LogP contribution in [0.3, 0.4) is 0 Å². The van der Waals surface area contributed by atoms with Crippen LogP contribution in [0.15, 0.2) is 10.5 Å². The van der Waals surface area contributed by atoms with Crippen molar-refractivity contribution in [3.63, 3.8) is 0 Å². The summed E-state index contributed by atoms with van der Waals surface area (Å²) in [6.07, 6.45) is 3.57. The quantitative estimate of drug-likeness (QED) is 0.388. The molecule has 3 aliphatic rings. The van der Waals surface area contributed by atoms with E-state index in [1.54, 1.807) is 0 Å². The Hall–Kier alpha value is -1.76. The molecule has 0 saturated heterocycles. The topological polar surface area (TPSA) is 98.8 Å². The minimum atomic E-state index is -0.409. The van der Waals surface area contributed by atoms with Gasteiger partial charge in [-0.25, -0.2) is 0 Å². The van der Waals surface area contributed by atoms with Gasteiger partial charge in [0.05, 0.1) is 10.2 Å². The maximum atomic E-state index is 11.8. The lowest BCUT2D eigenvalue weighted by Gasteiger charge is -2.50. The second-order valence-corrected chi connectivity index (χ2v) is 9.86. The molecule has 0 aromatic heterocycles. The van der Waals surface area contributed by atoms with Crippen molar-refractivity contribution in [2.24, 2.45) is 17.3 Å². The first-order chi connectivity index (χ1) is 13.6. The monoisotopic (exact) mass is 465 g/mol. The molecule has 29 heavy (non-hydrogen) atoms. The highest BCUT2D eigenvalue weighted by molar-refractivity contribution is 9.10. The van der Waals surface area contributed by atoms with Crippen LogP contribution in [0, 0.1) is 17.3 Å². The second kappa shape index (κ2) is 7.18. The van der Waals surface area contributed by atoms with Crippen LogP contribution in [0.1, 0.15) is 63.5 Å². The number of nitrogens with two attached hydrogens (primary N) is 1. The molecule has 0 unspecified atom stereocenters. The van der Waals surface area contributed by atoms with Gasteiger partial charge in [0.15, 0.2) is 5.75 Å². The zero-order valence-corrected chi connectivity index (χ0v) is 18.6. The Morgan fingerprint density at radius 1 is 1.24 bits per heavy atom. The predicted octanol–water partition coefficient (Wildman–Crippen LogP) is 4.07. The van der Waals surface area contributed by atoms with E-state index in [-0.39, 0.29) is 29.0 Å². The summed E-state index contributed by atoms with van der Waals surface area (Å²) >= 11 is 3.53. The van der Waals surface area contributed by atoms with Crippen LogP contribution in [-0.2, 0) is 25.5 Å². The summed E-state index contributed by atoms with van der Waals surface area (Å²) in [6.45, 7) is 5.00. The number of hydrogen-bond donors (Lipinski definition) is 2. The molecule has 6 atom stereocenters. The Morgan fingerprint density at radius 3 is 2.59 bits per heavy atom. The van der Waals surface area contributed by atoms with Gasteiger partial charge in [-0.1, -0.05) is 6.92 Å². The SMILES string of the molecule is CC(=O)O[C@@H]1C[C@H]2[C@@H]3CCc4c(cc(N)c(O)c4Br)[C@H]3CC[C@]2(C)[C@H]1OC(C)=O. The molecule has 0 radical (unpaired) electrons. The number of esters is 2. The summed E-state index contributed by atoms with van der Waals surface area (Å²) in [6, 6.07) is 1.93. The van der Waals surface area contributed by atoms with E-state index in [4.69, 9.17) is 15.2 Å². The lowest BCUT2D eigenvalue weighted by molar-refractivity contribution is -0.171. The number of carbonyl (C=O) groups excluding carboxylic acids is 2. The zero-order chi connectivity index (χ0) is 21.1. The van der Waals surface area contributed by atoms with Crippen molar-refractivity contribution < 1.29 is 24.2 Å². The van der Waals surface area contributed by atoms with Crippen molar-refractivity contribution in [3.05, 3.63) is 21.7 Å². The average molecular weight is 466 g/mol. The number of halogens is 1. The fourth-order valence-electron chi connectivity index (χ4n) is 6.35. The molecule has 0 spiro atoms. The van der Waals surface area contributed by atoms with Crippen LogP contribution in [0.2, 0.25) is 0 Å². The Balaban J connectivity index is 1.70. The molecule has 6 nitrogen and oxygen atoms in total. The third-order valence-corrected chi connectivity index (χ3v) is 8.35. The summed E-state index contributed by atoms with van der Waals surface area (Å²) in [7, 11) is 0. The molecule has 0 heterocycles. The number of rotatable bonds is 2. The largest absolute Gasteiger partial charge is 0.505 e. The van der Waals surface area contributed by atoms with Crippen LogP contribution < -0.4 is 5.73 Å². The minimum Gasteiger partial charge on any atom is -0.505 e. The number of anilines is 1. The summed E-state index contributed by atoms with van der Waals surface area (Å²) in [5.41, 5.74) is 8.59. The molecule has 0 bridgehead atoms. The van der Waals surface area contributed by atoms with Crippen LogP contribution >= 0.6 is 15.9 Å². The number of carbonyl (C=O) groups is 2. The Bertz CT molecular complexity index is 871. The third-order valence-electron chi connectivity index (χ3n) is 7.49. The summed E-state index contributed by atoms with van der Waals surface area (Å²) in [5.74, 6) is 0.468. The molecule has 158 valence electrons. The fourth-order valence-corrected chi connectivity index (χ4v) is 7.00. The number of fused-ring (bicyclic) bond motifs is 5. The molecule has 3 N–H and O–H groups in total. The molecule has 7 heteroatoms. The highest BCUT2D eigenvalue weighted by atomic mass is 79.9. The minimum absolute atomic E-state index is 0.119. The number of nitrogen functional groups attached to an aromatic ring is 1. The highest BCUT2D eigenvalue weighted by Crippen LogP contribution is 2.62. The zero-order valence-electron chi connectivity index (χ0n) is 17.0. The maximum Gasteiger partial charge on any atom is 0.303 e. The maximum absolute atomic E-state index is 11.8. The molecule has 0 amide bonds. The highest BCUT2D eigenvalue weighted by Gasteiger charge is 2.61. The lowest BCUT2D eigenvalue weighted by Crippen LogP contribution is -2.46. The standard InChI is InChI=1S/C22H28BrNO5/c1-10(25)28-18-9-16-13-4-5-14-15(8-17(24)20(27)19(14)23)12(13)6-7-22(16,3)21(18)29-11(2)26/h8,12-13,16,18,21,27H,4-7,9,24H2,1-3H3/t12-,13+,16-,18+,21-,22-/m0/s1. The van der Waals surface area contributed by atoms with E-state index < -0.39 is 12.2 Å². The number of hydrogen-bond acceptors (Lipinski definition) is 6. The van der Waals surface area contributed by atoms with Gasteiger partial charge in [-0.15, -0.1) is 0 Å². The number of phenols is 1. The first kappa shape index (κ1) is 20.5. The Kier molecular flexibility index (Phi) is 5.08. The third kappa shape index (κ3) is 3.22. The fraction of sp³-hybridized carbons (Fsp3) is 0.636. The van der Waals surface area contributed by atoms with E-state index in [9.17, 15) is 14.7 Å². The van der Waals surface area contributed by atoms with Crippen molar-refractivity contribution >= 4 is 33.6 Å². The van der Waals surface area contributed by atoms with Crippen molar-refractivity contribution in [1.29, 1.82) is 0 Å². The van der Waals surface area contributed by atoms with Crippen LogP contribution in [0.25, 0.3) is 0 Å². The molecule has 3 aliphatic carbocycles. The number of benzene rings is 1. The smallest absolute Gasteiger partial charge is 0.303 e. The van der Waals surface area contributed by atoms with E-state index in [1.807, 2.05) is 6.07 Å². The average Bonchev–Trinajstić information content (AvgIpc) is 2.91. The van der Waals surface area contributed by atoms with Gasteiger partial charge in [-0.3, -0.25) is 9.59 Å². The van der Waals surface area contributed by atoms with E-state index >= 15 is 0 Å². The molecule has 1 aromatic carbocycles. The normalized spacial score (nSPS) is 35.2. The van der Waals surface area contributed by atoms with Gasteiger partial charge in [-0.2, -0.15) is 0 Å². The van der Waals surface area contributed by atoms with Gasteiger partial charge in [0, 0.05) is 19.3 Å². The van der Waals surface area contributed by atoms with Crippen molar-refractivity contribution in [1.82, 2.24) is 0 Å². The predicted molar refractivity (Wildman–Crippen MR) is 111 cm³/mol. The molecule has 2 saturated carbocycles. The van der Waals surface area contributed by atoms with Crippen molar-refractivity contribution in [2.75, 3.05) is 5.73 Å². The number of phenolic OH excluding ortho intramolecular Hbond substituents is 1. The van der Waals surface area contributed by atoms with Crippen molar-refractivity contribution in [3.8, 4) is 5.75 Å². The van der Waals surface area contributed by atoms with Crippen LogP contribution in [0.4, 0.5) is 5.69 Å². The summed E-state index contributed by atoms with van der Waals surface area (Å²) in [4.78, 5) is 23.5. The van der Waals surface area contributed by atoms with E-state index in [0.717, 1.165) is 31.2 Å². The first-order valence-corrected chi connectivity index (χ1v) is 11.1. The molecule has 0 aliphatic heterocycles. The van der Waals surface area contributed by atoms with Gasteiger partial charge in [0.1, 0.15) is 12.2 Å². The van der Waals surface area contributed by atoms with Gasteiger partial charge < -0.3 is 20.3 Å². The Labute approximate surface area is 179 Å². The molecule has 4 rings (SSSR count). The summed E-state index contributed by atoms with van der Waals surface area (Å²) in [5, 5.41) is 10.2. The van der Waals surface area contributed by atoms with Crippen LogP contribution in [-0.4, -0.2) is 29.3 Å². The van der Waals surface area contributed by atoms with E-state index in [2.05, 4.69) is 22.9 Å². The van der Waals surface area contributed by atoms with Gasteiger partial charge in [0.2, 0.25) is 0 Å². The van der Waals surface area contributed by atoms with E-state index in [0.29, 0.717) is 28.4 Å². The molecule has 2 fully saturated rings.